The van der Waals surface area contributed by atoms with Crippen molar-refractivity contribution < 1.29 is 67.5 Å². The molecular weight excluding hydrogens is 370 g/mol. The summed E-state index contributed by atoms with van der Waals surface area (Å²) in [4.78, 5) is 0. The second-order valence-electron chi connectivity index (χ2n) is 3.63. The van der Waals surface area contributed by atoms with Crippen LogP contribution < -0.4 is 0 Å². The third kappa shape index (κ3) is 5.98. The standard InChI is InChI=1S/C6H6F9O6P/c7-4(8,9)1-16-22(20-19-21-22,17-2-5(10,11)12)18-3-6(13,14)15/h1-3H2. The summed E-state index contributed by atoms with van der Waals surface area (Å²) in [6, 6.07) is 0. The summed E-state index contributed by atoms with van der Waals surface area (Å²) in [6.45, 7) is -7.11. The predicted molar refractivity (Wildman–Crippen MR) is 46.2 cm³/mol. The number of hydrogen-bond acceptors (Lipinski definition) is 6. The van der Waals surface area contributed by atoms with E-state index in [4.69, 9.17) is 0 Å². The Hall–Kier alpha value is -0.440. The van der Waals surface area contributed by atoms with Crippen LogP contribution in [0.3, 0.4) is 0 Å². The van der Waals surface area contributed by atoms with E-state index >= 15 is 0 Å². The van der Waals surface area contributed by atoms with E-state index in [2.05, 4.69) is 28.0 Å². The summed E-state index contributed by atoms with van der Waals surface area (Å²) in [6.07, 6.45) is -15.5. The zero-order valence-electron chi connectivity index (χ0n) is 9.92. The molecule has 1 rings (SSSR count). The van der Waals surface area contributed by atoms with Gasteiger partial charge in [-0.3, -0.25) is 0 Å². The summed E-state index contributed by atoms with van der Waals surface area (Å²) in [5, 5.41) is 3.42. The predicted octanol–water partition coefficient (Wildman–Crippen LogP) is 3.74. The molecule has 1 saturated heterocycles. The van der Waals surface area contributed by atoms with Crippen LogP contribution in [0.2, 0.25) is 0 Å². The number of hydrogen-bond donors (Lipinski definition) is 0. The molecule has 0 aromatic carbocycles. The first-order valence-electron chi connectivity index (χ1n) is 4.87. The zero-order chi connectivity index (χ0) is 17.3. The van der Waals surface area contributed by atoms with Crippen molar-refractivity contribution in [3.8, 4) is 0 Å². The van der Waals surface area contributed by atoms with E-state index in [1.54, 1.807) is 0 Å². The summed E-state index contributed by atoms with van der Waals surface area (Å²) in [7, 11) is -6.29. The van der Waals surface area contributed by atoms with Crippen molar-refractivity contribution in [2.75, 3.05) is 19.8 Å². The summed E-state index contributed by atoms with van der Waals surface area (Å²) in [5.41, 5.74) is 0. The molecular formula is C6H6F9O6P. The molecule has 0 aliphatic carbocycles. The van der Waals surface area contributed by atoms with Crippen LogP contribution in [-0.2, 0) is 28.0 Å². The van der Waals surface area contributed by atoms with E-state index in [0.29, 0.717) is 0 Å². The Morgan fingerprint density at radius 1 is 0.591 bits per heavy atom. The molecule has 22 heavy (non-hydrogen) atoms. The van der Waals surface area contributed by atoms with Gasteiger partial charge in [-0.1, -0.05) is 0 Å². The molecule has 1 fully saturated rings. The fourth-order valence-electron chi connectivity index (χ4n) is 0.882. The van der Waals surface area contributed by atoms with Crippen molar-refractivity contribution >= 4 is 7.74 Å². The van der Waals surface area contributed by atoms with E-state index in [1.807, 2.05) is 0 Å². The van der Waals surface area contributed by atoms with Gasteiger partial charge in [-0.05, 0) is 0 Å². The normalized spacial score (nSPS) is 23.4. The maximum atomic E-state index is 12.1. The molecule has 0 unspecified atom stereocenters. The van der Waals surface area contributed by atoms with Gasteiger partial charge >= 0.3 is 114 Å². The molecule has 0 bridgehead atoms. The average molecular weight is 376 g/mol. The Labute approximate surface area is 115 Å². The van der Waals surface area contributed by atoms with Crippen molar-refractivity contribution in [2.45, 2.75) is 18.5 Å². The molecule has 0 N–H and O–H groups in total. The Morgan fingerprint density at radius 2 is 0.864 bits per heavy atom. The van der Waals surface area contributed by atoms with Crippen LogP contribution in [0.1, 0.15) is 0 Å². The summed E-state index contributed by atoms with van der Waals surface area (Å²) in [5.74, 6) is 0. The molecule has 1 aliphatic heterocycles. The summed E-state index contributed by atoms with van der Waals surface area (Å²) >= 11 is 0. The Morgan fingerprint density at radius 3 is 1.00 bits per heavy atom. The molecule has 0 saturated carbocycles. The number of alkyl halides is 9. The van der Waals surface area contributed by atoms with E-state index in [1.165, 1.54) is 0 Å². The molecule has 0 aromatic heterocycles. The Balaban J connectivity index is 2.90. The van der Waals surface area contributed by atoms with E-state index in [9.17, 15) is 39.5 Å². The molecule has 1 heterocycles. The molecule has 134 valence electrons. The van der Waals surface area contributed by atoms with Crippen LogP contribution in [0.5, 0.6) is 0 Å². The van der Waals surface area contributed by atoms with E-state index in [0.717, 1.165) is 0 Å². The van der Waals surface area contributed by atoms with E-state index in [-0.39, 0.29) is 0 Å². The average Bonchev–Trinajstić information content (AvgIpc) is 2.23. The second kappa shape index (κ2) is 5.89. The Bertz CT molecular complexity index is 335. The molecule has 0 amide bonds. The second-order valence-corrected chi connectivity index (χ2v) is 6.19. The third-order valence-electron chi connectivity index (χ3n) is 1.62. The van der Waals surface area contributed by atoms with Crippen LogP contribution in [0.4, 0.5) is 39.5 Å². The van der Waals surface area contributed by atoms with Gasteiger partial charge in [0.05, 0.1) is 0 Å². The number of rotatable bonds is 6. The monoisotopic (exact) mass is 376 g/mol. The van der Waals surface area contributed by atoms with Gasteiger partial charge in [-0.15, -0.1) is 0 Å². The van der Waals surface area contributed by atoms with Crippen molar-refractivity contribution in [1.29, 1.82) is 0 Å². The van der Waals surface area contributed by atoms with Gasteiger partial charge in [0.2, 0.25) is 0 Å². The van der Waals surface area contributed by atoms with Gasteiger partial charge < -0.3 is 0 Å². The van der Waals surface area contributed by atoms with Gasteiger partial charge in [0.25, 0.3) is 0 Å². The van der Waals surface area contributed by atoms with Crippen molar-refractivity contribution in [1.82, 2.24) is 0 Å². The first-order chi connectivity index (χ1) is 9.64. The minimum atomic E-state index is -6.29. The van der Waals surface area contributed by atoms with Crippen LogP contribution in [0, 0.1) is 0 Å². The topological polar surface area (TPSA) is 55.4 Å². The first kappa shape index (κ1) is 19.6. The SMILES string of the molecule is FC(F)(F)COP1(OCC(F)(F)F)(OCC(F)(F)F)OOO1. The van der Waals surface area contributed by atoms with E-state index < -0.39 is 46.1 Å². The van der Waals surface area contributed by atoms with Gasteiger partial charge in [-0.25, -0.2) is 0 Å². The molecule has 0 aromatic rings. The third-order valence-corrected chi connectivity index (χ3v) is 3.88. The molecule has 0 radical (unpaired) electrons. The Kier molecular flexibility index (Phi) is 5.24. The molecule has 0 atom stereocenters. The fourth-order valence-corrected chi connectivity index (χ4v) is 2.65. The zero-order valence-corrected chi connectivity index (χ0v) is 10.8. The van der Waals surface area contributed by atoms with Crippen LogP contribution in [0.15, 0.2) is 0 Å². The molecule has 0 spiro atoms. The van der Waals surface area contributed by atoms with Crippen LogP contribution >= 0.6 is 7.74 Å². The minimum absolute atomic E-state index is 2.37. The molecule has 6 nitrogen and oxygen atoms in total. The summed E-state index contributed by atoms with van der Waals surface area (Å²) < 4.78 is 127. The molecule has 1 aliphatic rings. The van der Waals surface area contributed by atoms with Crippen LogP contribution in [0.25, 0.3) is 0 Å². The van der Waals surface area contributed by atoms with Gasteiger partial charge in [-0.2, -0.15) is 0 Å². The van der Waals surface area contributed by atoms with Gasteiger partial charge in [0, 0.05) is 0 Å². The van der Waals surface area contributed by atoms with Gasteiger partial charge in [0.15, 0.2) is 0 Å². The van der Waals surface area contributed by atoms with Gasteiger partial charge in [0.1, 0.15) is 0 Å². The van der Waals surface area contributed by atoms with Crippen molar-refractivity contribution in [3.63, 3.8) is 0 Å². The fraction of sp³-hybridized carbons (Fsp3) is 1.00. The maximum absolute atomic E-state index is 12.1. The van der Waals surface area contributed by atoms with Crippen LogP contribution in [-0.4, -0.2) is 38.3 Å². The molecule has 16 heteroatoms. The first-order valence-corrected chi connectivity index (χ1v) is 6.70. The van der Waals surface area contributed by atoms with Crippen molar-refractivity contribution in [2.24, 2.45) is 0 Å². The quantitative estimate of drug-likeness (QED) is 0.400. The van der Waals surface area contributed by atoms with Crippen molar-refractivity contribution in [3.05, 3.63) is 0 Å². The number of halogens is 9.